The summed E-state index contributed by atoms with van der Waals surface area (Å²) < 4.78 is 2.91. The molecule has 2 N–H and O–H groups in total. The number of para-hydroxylation sites is 1. The molecule has 0 radical (unpaired) electrons. The first-order chi connectivity index (χ1) is 8.74. The van der Waals surface area contributed by atoms with E-state index in [1.807, 2.05) is 35.1 Å². The number of nitrogens with zero attached hydrogens (tertiary/aromatic N) is 2. The molecule has 0 unspecified atom stereocenters. The molecule has 1 aromatic heterocycles. The van der Waals surface area contributed by atoms with Crippen molar-refractivity contribution in [2.75, 3.05) is 5.73 Å². The minimum Gasteiger partial charge on any atom is -0.398 e. The van der Waals surface area contributed by atoms with Crippen molar-refractivity contribution < 1.29 is 0 Å². The number of nitrogens with two attached hydrogens (primary N) is 1. The normalized spacial score (nSPS) is 10.9. The molecule has 4 heteroatoms. The molecule has 0 aliphatic carbocycles. The largest absolute Gasteiger partial charge is 0.398 e. The first-order valence-corrected chi connectivity index (χ1v) is 6.48. The van der Waals surface area contributed by atoms with Crippen LogP contribution in [-0.2, 0) is 6.54 Å². The van der Waals surface area contributed by atoms with Gasteiger partial charge in [-0.3, -0.25) is 4.68 Å². The Labute approximate surface area is 113 Å². The highest BCUT2D eigenvalue weighted by Gasteiger charge is 2.03. The second kappa shape index (κ2) is 4.46. The Kier molecular flexibility index (Phi) is 2.80. The van der Waals surface area contributed by atoms with E-state index < -0.39 is 0 Å². The molecule has 0 spiro atoms. The number of halogens is 1. The van der Waals surface area contributed by atoms with Crippen LogP contribution in [0.1, 0.15) is 5.56 Å². The summed E-state index contributed by atoms with van der Waals surface area (Å²) in [5.74, 6) is 0. The van der Waals surface area contributed by atoms with Gasteiger partial charge in [-0.1, -0.05) is 24.3 Å². The zero-order valence-corrected chi connectivity index (χ0v) is 11.3. The first kappa shape index (κ1) is 11.3. The second-order valence-corrected chi connectivity index (χ2v) is 5.07. The molecule has 0 aliphatic rings. The molecule has 18 heavy (non-hydrogen) atoms. The highest BCUT2D eigenvalue weighted by molar-refractivity contribution is 9.10. The van der Waals surface area contributed by atoms with Crippen molar-refractivity contribution in [2.45, 2.75) is 6.54 Å². The highest BCUT2D eigenvalue weighted by Crippen LogP contribution is 2.21. The maximum atomic E-state index is 5.89. The van der Waals surface area contributed by atoms with Gasteiger partial charge in [-0.25, -0.2) is 0 Å². The average molecular weight is 302 g/mol. The van der Waals surface area contributed by atoms with Crippen LogP contribution in [0.5, 0.6) is 0 Å². The lowest BCUT2D eigenvalue weighted by atomic mass is 10.2. The van der Waals surface area contributed by atoms with Gasteiger partial charge in [-0.15, -0.1) is 0 Å². The molecule has 0 fully saturated rings. The number of nitrogen functional groups attached to an aromatic ring is 1. The predicted octanol–water partition coefficient (Wildman–Crippen LogP) is 3.43. The Bertz CT molecular complexity index is 703. The molecule has 1 heterocycles. The van der Waals surface area contributed by atoms with Crippen LogP contribution < -0.4 is 5.73 Å². The summed E-state index contributed by atoms with van der Waals surface area (Å²) in [6, 6.07) is 14.2. The Morgan fingerprint density at radius 2 is 2.00 bits per heavy atom. The summed E-state index contributed by atoms with van der Waals surface area (Å²) in [6.45, 7) is 0.727. The molecule has 3 rings (SSSR count). The zero-order valence-electron chi connectivity index (χ0n) is 9.68. The van der Waals surface area contributed by atoms with E-state index >= 15 is 0 Å². The molecular weight excluding hydrogens is 290 g/mol. The van der Waals surface area contributed by atoms with E-state index in [2.05, 4.69) is 39.2 Å². The van der Waals surface area contributed by atoms with Gasteiger partial charge in [0.25, 0.3) is 0 Å². The molecule has 0 saturated carbocycles. The van der Waals surface area contributed by atoms with E-state index in [-0.39, 0.29) is 0 Å². The topological polar surface area (TPSA) is 43.8 Å². The monoisotopic (exact) mass is 301 g/mol. The summed E-state index contributed by atoms with van der Waals surface area (Å²) >= 11 is 3.40. The Morgan fingerprint density at radius 3 is 2.83 bits per heavy atom. The molecule has 0 aliphatic heterocycles. The van der Waals surface area contributed by atoms with Crippen LogP contribution in [0.4, 0.5) is 5.69 Å². The standard InChI is InChI=1S/C14H12BrN3/c15-12-6-5-10(7-13(12)16)9-18-14-4-2-1-3-11(14)8-17-18/h1-8H,9,16H2. The molecule has 0 saturated heterocycles. The third kappa shape index (κ3) is 1.99. The number of benzene rings is 2. The van der Waals surface area contributed by atoms with E-state index in [9.17, 15) is 0 Å². The van der Waals surface area contributed by atoms with Crippen LogP contribution >= 0.6 is 15.9 Å². The van der Waals surface area contributed by atoms with E-state index in [1.54, 1.807) is 0 Å². The fourth-order valence-corrected chi connectivity index (χ4v) is 2.26. The fourth-order valence-electron chi connectivity index (χ4n) is 2.02. The lowest BCUT2D eigenvalue weighted by molar-refractivity contribution is 0.712. The lowest BCUT2D eigenvalue weighted by Gasteiger charge is -2.06. The number of hydrogen-bond acceptors (Lipinski definition) is 2. The van der Waals surface area contributed by atoms with Crippen LogP contribution in [0.3, 0.4) is 0 Å². The van der Waals surface area contributed by atoms with Crippen LogP contribution in [-0.4, -0.2) is 9.78 Å². The smallest absolute Gasteiger partial charge is 0.0686 e. The Morgan fingerprint density at radius 1 is 1.17 bits per heavy atom. The fraction of sp³-hybridized carbons (Fsp3) is 0.0714. The third-order valence-electron chi connectivity index (χ3n) is 2.94. The Balaban J connectivity index is 1.98. The molecule has 0 amide bonds. The second-order valence-electron chi connectivity index (χ2n) is 4.22. The zero-order chi connectivity index (χ0) is 12.5. The number of rotatable bonds is 2. The Hall–Kier alpha value is -1.81. The predicted molar refractivity (Wildman–Crippen MR) is 77.4 cm³/mol. The van der Waals surface area contributed by atoms with Crippen molar-refractivity contribution in [2.24, 2.45) is 0 Å². The van der Waals surface area contributed by atoms with Crippen LogP contribution in [0, 0.1) is 0 Å². The summed E-state index contributed by atoms with van der Waals surface area (Å²) in [4.78, 5) is 0. The van der Waals surface area contributed by atoms with E-state index in [0.717, 1.165) is 33.2 Å². The third-order valence-corrected chi connectivity index (χ3v) is 3.67. The van der Waals surface area contributed by atoms with E-state index in [1.165, 1.54) is 0 Å². The summed E-state index contributed by atoms with van der Waals surface area (Å²) in [5.41, 5.74) is 8.92. The molecule has 3 aromatic rings. The SMILES string of the molecule is Nc1cc(Cn2ncc3ccccc32)ccc1Br. The molecule has 90 valence electrons. The van der Waals surface area contributed by atoms with Gasteiger partial charge in [0.05, 0.1) is 18.3 Å². The van der Waals surface area contributed by atoms with Gasteiger partial charge in [0.1, 0.15) is 0 Å². The minimum atomic E-state index is 0.727. The molecule has 0 atom stereocenters. The number of anilines is 1. The van der Waals surface area contributed by atoms with Gasteiger partial charge >= 0.3 is 0 Å². The van der Waals surface area contributed by atoms with E-state index in [0.29, 0.717) is 0 Å². The van der Waals surface area contributed by atoms with Gasteiger partial charge < -0.3 is 5.73 Å². The molecule has 3 nitrogen and oxygen atoms in total. The van der Waals surface area contributed by atoms with Crippen molar-refractivity contribution in [3.8, 4) is 0 Å². The van der Waals surface area contributed by atoms with Crippen molar-refractivity contribution in [1.29, 1.82) is 0 Å². The lowest BCUT2D eigenvalue weighted by Crippen LogP contribution is -2.02. The van der Waals surface area contributed by atoms with Crippen molar-refractivity contribution in [3.05, 3.63) is 58.7 Å². The summed E-state index contributed by atoms with van der Waals surface area (Å²) in [7, 11) is 0. The maximum Gasteiger partial charge on any atom is 0.0686 e. The van der Waals surface area contributed by atoms with Crippen LogP contribution in [0.2, 0.25) is 0 Å². The van der Waals surface area contributed by atoms with E-state index in [4.69, 9.17) is 5.73 Å². The molecule has 2 aromatic carbocycles. The van der Waals surface area contributed by atoms with Crippen molar-refractivity contribution in [3.63, 3.8) is 0 Å². The number of hydrogen-bond donors (Lipinski definition) is 1. The molecule has 0 bridgehead atoms. The summed E-state index contributed by atoms with van der Waals surface area (Å²) in [5, 5.41) is 5.56. The first-order valence-electron chi connectivity index (χ1n) is 5.68. The quantitative estimate of drug-likeness (QED) is 0.737. The van der Waals surface area contributed by atoms with Crippen LogP contribution in [0.15, 0.2) is 53.1 Å². The minimum absolute atomic E-state index is 0.727. The average Bonchev–Trinajstić information content (AvgIpc) is 2.78. The van der Waals surface area contributed by atoms with Gasteiger partial charge in [0, 0.05) is 15.5 Å². The van der Waals surface area contributed by atoms with Gasteiger partial charge in [0.2, 0.25) is 0 Å². The molecular formula is C14H12BrN3. The van der Waals surface area contributed by atoms with Crippen LogP contribution in [0.25, 0.3) is 10.9 Å². The van der Waals surface area contributed by atoms with Gasteiger partial charge in [0.15, 0.2) is 0 Å². The van der Waals surface area contributed by atoms with Crippen molar-refractivity contribution >= 4 is 32.5 Å². The van der Waals surface area contributed by atoms with Gasteiger partial charge in [-0.2, -0.15) is 5.10 Å². The number of aromatic nitrogens is 2. The van der Waals surface area contributed by atoms with Crippen molar-refractivity contribution in [1.82, 2.24) is 9.78 Å². The maximum absolute atomic E-state index is 5.89. The highest BCUT2D eigenvalue weighted by atomic mass is 79.9. The van der Waals surface area contributed by atoms with Gasteiger partial charge in [-0.05, 0) is 39.7 Å². The number of fused-ring (bicyclic) bond motifs is 1. The summed E-state index contributed by atoms with van der Waals surface area (Å²) in [6.07, 6.45) is 1.89.